The Morgan fingerprint density at radius 1 is 0.857 bits per heavy atom. The van der Waals surface area contributed by atoms with Crippen molar-refractivity contribution < 1.29 is 0 Å². The van der Waals surface area contributed by atoms with Crippen molar-refractivity contribution >= 4 is 10.8 Å². The minimum Gasteiger partial charge on any atom is -0.324 e. The zero-order valence-electron chi connectivity index (χ0n) is 12.6. The van der Waals surface area contributed by atoms with Gasteiger partial charge in [0.15, 0.2) is 0 Å². The highest BCUT2D eigenvalue weighted by Gasteiger charge is 2.12. The Bertz CT molecular complexity index is 768. The lowest BCUT2D eigenvalue weighted by Crippen LogP contribution is -2.15. The lowest BCUT2D eigenvalue weighted by atomic mass is 9.92. The van der Waals surface area contributed by atoms with Crippen molar-refractivity contribution in [2.75, 3.05) is 0 Å². The summed E-state index contributed by atoms with van der Waals surface area (Å²) in [6.07, 6.45) is 0.867. The molecule has 3 aromatic carbocycles. The van der Waals surface area contributed by atoms with Crippen molar-refractivity contribution in [2.45, 2.75) is 26.3 Å². The van der Waals surface area contributed by atoms with Crippen LogP contribution in [0.3, 0.4) is 0 Å². The Labute approximate surface area is 126 Å². The summed E-state index contributed by atoms with van der Waals surface area (Å²) in [5.41, 5.74) is 11.7. The molecule has 0 spiro atoms. The van der Waals surface area contributed by atoms with Crippen molar-refractivity contribution in [3.05, 3.63) is 82.9 Å². The molecular weight excluding hydrogens is 254 g/mol. The highest BCUT2D eigenvalue weighted by molar-refractivity contribution is 5.85. The van der Waals surface area contributed by atoms with Gasteiger partial charge in [-0.15, -0.1) is 0 Å². The maximum atomic E-state index is 6.49. The van der Waals surface area contributed by atoms with E-state index in [2.05, 4.69) is 74.5 Å². The molecule has 1 atom stereocenters. The minimum absolute atomic E-state index is 0.0377. The summed E-state index contributed by atoms with van der Waals surface area (Å²) in [5.74, 6) is 0. The molecule has 0 heterocycles. The van der Waals surface area contributed by atoms with Crippen LogP contribution in [0.15, 0.2) is 60.7 Å². The minimum atomic E-state index is 0.0377. The van der Waals surface area contributed by atoms with E-state index in [1.807, 2.05) is 0 Å². The fraction of sp³-hybridized carbons (Fsp3) is 0.200. The zero-order chi connectivity index (χ0) is 14.8. The highest BCUT2D eigenvalue weighted by Crippen LogP contribution is 2.25. The van der Waals surface area contributed by atoms with Crippen LogP contribution >= 0.6 is 0 Å². The largest absolute Gasteiger partial charge is 0.324 e. The third kappa shape index (κ3) is 2.70. The van der Waals surface area contributed by atoms with E-state index in [4.69, 9.17) is 5.73 Å². The topological polar surface area (TPSA) is 26.0 Å². The Morgan fingerprint density at radius 2 is 1.57 bits per heavy atom. The van der Waals surface area contributed by atoms with Crippen LogP contribution in [-0.2, 0) is 6.42 Å². The van der Waals surface area contributed by atoms with Crippen LogP contribution in [0.4, 0.5) is 0 Å². The second-order valence-corrected chi connectivity index (χ2v) is 5.74. The van der Waals surface area contributed by atoms with Crippen molar-refractivity contribution in [3.8, 4) is 0 Å². The number of aryl methyl sites for hydroxylation is 1. The summed E-state index contributed by atoms with van der Waals surface area (Å²) < 4.78 is 0. The van der Waals surface area contributed by atoms with E-state index in [0.29, 0.717) is 0 Å². The summed E-state index contributed by atoms with van der Waals surface area (Å²) in [6, 6.07) is 21.4. The Balaban J connectivity index is 1.97. The summed E-state index contributed by atoms with van der Waals surface area (Å²) in [5, 5.41) is 2.59. The van der Waals surface area contributed by atoms with Crippen LogP contribution < -0.4 is 5.73 Å². The van der Waals surface area contributed by atoms with Gasteiger partial charge >= 0.3 is 0 Å². The number of benzene rings is 3. The van der Waals surface area contributed by atoms with E-state index in [-0.39, 0.29) is 6.04 Å². The Kier molecular flexibility index (Phi) is 3.76. The molecule has 0 radical (unpaired) electrons. The molecule has 3 aromatic rings. The fourth-order valence-electron chi connectivity index (χ4n) is 2.99. The molecule has 0 aliphatic heterocycles. The summed E-state index contributed by atoms with van der Waals surface area (Å²) in [4.78, 5) is 0. The maximum Gasteiger partial charge on any atom is 0.0338 e. The molecule has 2 N–H and O–H groups in total. The maximum absolute atomic E-state index is 6.49. The third-order valence-electron chi connectivity index (χ3n) is 4.37. The van der Waals surface area contributed by atoms with Gasteiger partial charge in [-0.3, -0.25) is 0 Å². The average molecular weight is 275 g/mol. The van der Waals surface area contributed by atoms with Crippen LogP contribution in [0, 0.1) is 13.8 Å². The molecular formula is C20H21N. The van der Waals surface area contributed by atoms with Gasteiger partial charge < -0.3 is 5.73 Å². The molecule has 0 fully saturated rings. The smallest absolute Gasteiger partial charge is 0.0338 e. The first-order valence-electron chi connectivity index (χ1n) is 7.45. The number of nitrogens with two attached hydrogens (primary N) is 1. The molecule has 1 nitrogen and oxygen atoms in total. The van der Waals surface area contributed by atoms with E-state index >= 15 is 0 Å². The molecule has 0 aliphatic rings. The van der Waals surface area contributed by atoms with Crippen molar-refractivity contribution in [1.82, 2.24) is 0 Å². The van der Waals surface area contributed by atoms with Crippen molar-refractivity contribution in [2.24, 2.45) is 5.73 Å². The molecule has 1 unspecified atom stereocenters. The van der Waals surface area contributed by atoms with Gasteiger partial charge in [-0.2, -0.15) is 0 Å². The second kappa shape index (κ2) is 5.71. The molecule has 0 aromatic heterocycles. The predicted molar refractivity (Wildman–Crippen MR) is 90.5 cm³/mol. The molecule has 0 aliphatic carbocycles. The van der Waals surface area contributed by atoms with Gasteiger partial charge in [-0.1, -0.05) is 60.7 Å². The quantitative estimate of drug-likeness (QED) is 0.736. The van der Waals surface area contributed by atoms with E-state index in [9.17, 15) is 0 Å². The van der Waals surface area contributed by atoms with Gasteiger partial charge in [-0.25, -0.2) is 0 Å². The lowest BCUT2D eigenvalue weighted by Gasteiger charge is -2.17. The predicted octanol–water partition coefficient (Wildman–Crippen LogP) is 4.70. The van der Waals surface area contributed by atoms with Gasteiger partial charge in [0.2, 0.25) is 0 Å². The first-order valence-corrected chi connectivity index (χ1v) is 7.45. The Morgan fingerprint density at radius 3 is 2.43 bits per heavy atom. The molecule has 106 valence electrons. The number of rotatable bonds is 3. The van der Waals surface area contributed by atoms with Gasteiger partial charge in [0, 0.05) is 6.04 Å². The normalized spacial score (nSPS) is 12.5. The molecule has 3 rings (SSSR count). The lowest BCUT2D eigenvalue weighted by molar-refractivity contribution is 0.719. The van der Waals surface area contributed by atoms with Gasteiger partial charge in [0.05, 0.1) is 0 Å². The number of fused-ring (bicyclic) bond motifs is 1. The number of hydrogen-bond acceptors (Lipinski definition) is 1. The van der Waals surface area contributed by atoms with Crippen LogP contribution in [0.2, 0.25) is 0 Å². The second-order valence-electron chi connectivity index (χ2n) is 5.74. The first-order chi connectivity index (χ1) is 10.2. The monoisotopic (exact) mass is 275 g/mol. The third-order valence-corrected chi connectivity index (χ3v) is 4.37. The zero-order valence-corrected chi connectivity index (χ0v) is 12.6. The number of hydrogen-bond donors (Lipinski definition) is 1. The molecule has 1 heteroatoms. The van der Waals surface area contributed by atoms with Crippen molar-refractivity contribution in [1.29, 1.82) is 0 Å². The standard InChI is InChI=1S/C20H21N/c1-14-7-5-12-18(15(14)2)20(21)13-17-10-6-9-16-8-3-4-11-19(16)17/h3-12,20H,13,21H2,1-2H3. The van der Waals surface area contributed by atoms with Gasteiger partial charge in [0.25, 0.3) is 0 Å². The fourth-order valence-corrected chi connectivity index (χ4v) is 2.99. The molecule has 21 heavy (non-hydrogen) atoms. The van der Waals surface area contributed by atoms with Crippen LogP contribution in [0.1, 0.15) is 28.3 Å². The van der Waals surface area contributed by atoms with E-state index in [1.54, 1.807) is 0 Å². The van der Waals surface area contributed by atoms with E-state index < -0.39 is 0 Å². The summed E-state index contributed by atoms with van der Waals surface area (Å²) >= 11 is 0. The summed E-state index contributed by atoms with van der Waals surface area (Å²) in [6.45, 7) is 4.30. The highest BCUT2D eigenvalue weighted by atomic mass is 14.6. The first kappa shape index (κ1) is 13.8. The molecule has 0 saturated carbocycles. The average Bonchev–Trinajstić information content (AvgIpc) is 2.50. The van der Waals surface area contributed by atoms with Gasteiger partial charge in [-0.05, 0) is 53.3 Å². The van der Waals surface area contributed by atoms with Crippen LogP contribution in [0.5, 0.6) is 0 Å². The SMILES string of the molecule is Cc1cccc(C(N)Cc2cccc3ccccc23)c1C. The van der Waals surface area contributed by atoms with Crippen LogP contribution in [0.25, 0.3) is 10.8 Å². The van der Waals surface area contributed by atoms with Crippen LogP contribution in [-0.4, -0.2) is 0 Å². The summed E-state index contributed by atoms with van der Waals surface area (Å²) in [7, 11) is 0. The van der Waals surface area contributed by atoms with E-state index in [0.717, 1.165) is 6.42 Å². The van der Waals surface area contributed by atoms with E-state index in [1.165, 1.54) is 33.0 Å². The molecule has 0 bridgehead atoms. The molecule has 0 saturated heterocycles. The van der Waals surface area contributed by atoms with Crippen molar-refractivity contribution in [3.63, 3.8) is 0 Å². The van der Waals surface area contributed by atoms with Gasteiger partial charge in [0.1, 0.15) is 0 Å². The molecule has 0 amide bonds. The Hall–Kier alpha value is -2.12.